The number of rotatable bonds is 16. The lowest BCUT2D eigenvalue weighted by atomic mass is 9.76. The number of hydrogen-bond donors (Lipinski definition) is 0. The van der Waals surface area contributed by atoms with Gasteiger partial charge in [-0.25, -0.2) is 0 Å². The summed E-state index contributed by atoms with van der Waals surface area (Å²) in [4.78, 5) is 11.7. The largest absolute Gasteiger partial charge is 0.372 e. The van der Waals surface area contributed by atoms with Crippen LogP contribution in [-0.4, -0.2) is 144 Å². The molecule has 13 saturated heterocycles. The van der Waals surface area contributed by atoms with E-state index in [0.717, 1.165) is 109 Å². The monoisotopic (exact) mass is 1380 g/mol. The van der Waals surface area contributed by atoms with Crippen LogP contribution in [0, 0.1) is 94.7 Å². The summed E-state index contributed by atoms with van der Waals surface area (Å²) >= 11 is 0. The van der Waals surface area contributed by atoms with Gasteiger partial charge in [-0.2, -0.15) is 0 Å². The van der Waals surface area contributed by atoms with Gasteiger partial charge >= 0.3 is 0 Å². The molecule has 13 heterocycles. The predicted molar refractivity (Wildman–Crippen MR) is 385 cm³/mol. The smallest absolute Gasteiger partial charge is 0.170 e. The third-order valence-electron chi connectivity index (χ3n) is 27.4. The van der Waals surface area contributed by atoms with Gasteiger partial charge in [-0.05, 0) is 134 Å². The van der Waals surface area contributed by atoms with Gasteiger partial charge in [-0.15, -0.1) is 0 Å². The summed E-state index contributed by atoms with van der Waals surface area (Å²) < 4.78 is 88.2. The van der Waals surface area contributed by atoms with E-state index in [0.29, 0.717) is 113 Å². The van der Waals surface area contributed by atoms with Gasteiger partial charge in [0.25, 0.3) is 0 Å². The Balaban J connectivity index is 0.000000149. The molecule has 32 atom stereocenters. The van der Waals surface area contributed by atoms with Crippen molar-refractivity contribution in [3.63, 3.8) is 0 Å². The van der Waals surface area contributed by atoms with E-state index in [9.17, 15) is 4.79 Å². The molecule has 0 N–H and O–H groups in total. The molecule has 0 unspecified atom stereocenters. The minimum atomic E-state index is -0.536. The number of carbonyl (C=O) groups excluding carboxylic acids is 1. The fourth-order valence-electron chi connectivity index (χ4n) is 22.6. The highest BCUT2D eigenvalue weighted by Gasteiger charge is 2.65. The Bertz CT molecular complexity index is 2610. The van der Waals surface area contributed by atoms with Crippen LogP contribution < -0.4 is 0 Å². The molecule has 98 heavy (non-hydrogen) atoms. The fourth-order valence-corrected chi connectivity index (χ4v) is 22.6. The molecule has 13 rings (SSSR count). The van der Waals surface area contributed by atoms with Crippen LogP contribution in [0.1, 0.15) is 295 Å². The predicted octanol–water partition coefficient (Wildman–Crippen LogP) is 18.3. The number of Topliss-reactive ketones (excluding diaryl/α,β-unsaturated/α-hetero) is 1. The van der Waals surface area contributed by atoms with Crippen molar-refractivity contribution in [2.75, 3.05) is 0 Å². The highest BCUT2D eigenvalue weighted by Crippen LogP contribution is 2.59. The first-order chi connectivity index (χ1) is 45.9. The minimum absolute atomic E-state index is 0.00959. The second kappa shape index (κ2) is 30.4. The lowest BCUT2D eigenvalue weighted by Gasteiger charge is -2.55. The molecule has 0 radical (unpaired) electrons. The van der Waals surface area contributed by atoms with Crippen LogP contribution in [0.15, 0.2) is 0 Å². The normalized spacial score (nSPS) is 49.3. The van der Waals surface area contributed by atoms with E-state index in [4.69, 9.17) is 61.6 Å². The van der Waals surface area contributed by atoms with Crippen molar-refractivity contribution in [3.8, 4) is 0 Å². The molecule has 3 spiro atoms. The van der Waals surface area contributed by atoms with E-state index in [-0.39, 0.29) is 114 Å². The lowest BCUT2D eigenvalue weighted by Crippen LogP contribution is -2.62. The zero-order valence-corrected chi connectivity index (χ0v) is 66.7. The molecule has 13 aliphatic rings. The molecular formula is C84H146O14. The van der Waals surface area contributed by atoms with Crippen LogP contribution in [0.25, 0.3) is 0 Å². The Morgan fingerprint density at radius 1 is 0.337 bits per heavy atom. The number of carbonyl (C=O) groups is 1. The fraction of sp³-hybridized carbons (Fsp3) is 0.988. The molecular weight excluding hydrogens is 1230 g/mol. The van der Waals surface area contributed by atoms with E-state index < -0.39 is 17.4 Å². The maximum atomic E-state index is 11.7. The Labute approximate surface area is 597 Å². The average Bonchev–Trinajstić information content (AvgIpc) is 1.39. The van der Waals surface area contributed by atoms with Crippen molar-refractivity contribution in [2.24, 2.45) is 94.7 Å². The zero-order chi connectivity index (χ0) is 71.3. The Morgan fingerprint density at radius 3 is 1.03 bits per heavy atom. The summed E-state index contributed by atoms with van der Waals surface area (Å²) in [6, 6.07) is 0. The van der Waals surface area contributed by atoms with Crippen molar-refractivity contribution < 1.29 is 66.4 Å². The van der Waals surface area contributed by atoms with Crippen LogP contribution in [0.5, 0.6) is 0 Å². The quantitative estimate of drug-likeness (QED) is 0.145. The summed E-state index contributed by atoms with van der Waals surface area (Å²) in [6.07, 6.45) is 20.9. The van der Waals surface area contributed by atoms with Crippen LogP contribution in [-0.2, 0) is 66.4 Å². The molecule has 566 valence electrons. The van der Waals surface area contributed by atoms with Gasteiger partial charge in [0.15, 0.2) is 17.4 Å². The van der Waals surface area contributed by atoms with Crippen LogP contribution >= 0.6 is 0 Å². The van der Waals surface area contributed by atoms with E-state index in [1.165, 1.54) is 6.42 Å². The highest BCUT2D eigenvalue weighted by molar-refractivity contribution is 5.76. The van der Waals surface area contributed by atoms with E-state index >= 15 is 0 Å². The molecule has 0 saturated carbocycles. The summed E-state index contributed by atoms with van der Waals surface area (Å²) in [5.41, 5.74) is -0.260. The summed E-state index contributed by atoms with van der Waals surface area (Å²) in [6.45, 7) is 57.0. The number of ether oxygens (including phenoxy) is 13. The summed E-state index contributed by atoms with van der Waals surface area (Å²) in [7, 11) is 0. The second-order valence-electron chi connectivity index (χ2n) is 39.0. The number of hydrogen-bond acceptors (Lipinski definition) is 14. The Hall–Kier alpha value is -0.850. The van der Waals surface area contributed by atoms with E-state index in [2.05, 4.69) is 166 Å². The Morgan fingerprint density at radius 2 is 0.663 bits per heavy atom. The van der Waals surface area contributed by atoms with Crippen molar-refractivity contribution in [3.05, 3.63) is 0 Å². The van der Waals surface area contributed by atoms with Crippen LogP contribution in [0.2, 0.25) is 0 Å². The summed E-state index contributed by atoms with van der Waals surface area (Å²) in [5, 5.41) is 0. The number of ketones is 1. The minimum Gasteiger partial charge on any atom is -0.372 e. The van der Waals surface area contributed by atoms with Gasteiger partial charge in [-0.1, -0.05) is 173 Å². The molecule has 13 fully saturated rings. The topological polar surface area (TPSA) is 137 Å². The first kappa shape index (κ1) is 78.2. The molecule has 13 aliphatic heterocycles. The first-order valence-corrected chi connectivity index (χ1v) is 41.1. The maximum absolute atomic E-state index is 11.7. The third-order valence-corrected chi connectivity index (χ3v) is 27.4. The second-order valence-corrected chi connectivity index (χ2v) is 39.0. The molecule has 0 aromatic carbocycles. The van der Waals surface area contributed by atoms with Crippen molar-refractivity contribution in [1.29, 1.82) is 0 Å². The molecule has 14 nitrogen and oxygen atoms in total. The van der Waals surface area contributed by atoms with E-state index in [1.807, 2.05) is 0 Å². The first-order valence-electron chi connectivity index (χ1n) is 41.1. The van der Waals surface area contributed by atoms with Gasteiger partial charge in [-0.3, -0.25) is 4.79 Å². The lowest BCUT2D eigenvalue weighted by molar-refractivity contribution is -0.368. The average molecular weight is 1380 g/mol. The zero-order valence-electron chi connectivity index (χ0n) is 66.7. The third kappa shape index (κ3) is 16.2. The van der Waals surface area contributed by atoms with Gasteiger partial charge in [0.05, 0.1) is 121 Å². The maximum Gasteiger partial charge on any atom is 0.170 e. The van der Waals surface area contributed by atoms with Crippen molar-refractivity contribution in [1.82, 2.24) is 0 Å². The molecule has 0 aromatic heterocycles. The van der Waals surface area contributed by atoms with Crippen molar-refractivity contribution >= 4 is 5.78 Å². The molecule has 0 aliphatic carbocycles. The van der Waals surface area contributed by atoms with Gasteiger partial charge in [0.1, 0.15) is 5.78 Å². The molecule has 0 bridgehead atoms. The SMILES string of the molecule is CC(=O)C[C@H]1O[C@@H]2[C@H](C[C@H]1C)O[C@@]1(C[C@@H]2C)C[C@H](C)[C@@H]2O[C@](CC(C)C)(C(C)C)C[C@@H]2O1.CC(C)C[C@H](C)[C@@H]1C[C@@H]2O[C@@]3(C[C@H](C)[C@@H]2O1)C[C@H](C)[C@@H]1O[C@](CC(C)C)(C(C)C)C[C@@H]1O3.CC[C@H](C)[C@@H]1C[C@H]2O[C@@H]3[C@H](C[C@H]2O1)O[C@@]1(C[C@@H]3C)C[C@H](C)[C@@H]2O[C@](CC(C)C)(C(C)C)C[C@@H]2O1. The number of fused-ring (bicyclic) bond motifs is 7. The van der Waals surface area contributed by atoms with Gasteiger partial charge in [0, 0.05) is 83.5 Å². The summed E-state index contributed by atoms with van der Waals surface area (Å²) in [5.74, 6) is 6.59. The van der Waals surface area contributed by atoms with Crippen LogP contribution in [0.3, 0.4) is 0 Å². The molecule has 0 amide bonds. The highest BCUT2D eigenvalue weighted by atomic mass is 16.7. The molecule has 0 aromatic rings. The van der Waals surface area contributed by atoms with Crippen LogP contribution in [0.4, 0.5) is 0 Å². The van der Waals surface area contributed by atoms with Gasteiger partial charge < -0.3 is 61.6 Å². The van der Waals surface area contributed by atoms with Crippen molar-refractivity contribution in [2.45, 2.75) is 433 Å². The Kier molecular flexibility index (Phi) is 24.3. The van der Waals surface area contributed by atoms with Gasteiger partial charge in [0.2, 0.25) is 0 Å². The van der Waals surface area contributed by atoms with E-state index in [1.54, 1.807) is 6.92 Å². The standard InChI is InChI=1S/C29H50O5.C28H50O4.C27H46O5/c1-9-18(6)21-10-23-22(30-21)11-24-26(31-23)19(7)13-29(32-24)14-20(8)27-25(33-29)15-28(34-27,17(4)5)12-16(2)3;1-16(2)10-19(7)22-11-23-25(29-22)20(8)13-28(30-23)14-21(9)26-24(31-28)15-27(32-26,18(5)6)12-17(3)4;1-15(2)11-26(16(3)4)14-23-25(32-26)19(7)13-27(31-23)12-18(6)24-22(30-27)9-17(5)21(29-24)10-20(8)28/h16-27H,9-15H2,1-8H3;16-26H,10-15H2,1-9H3;15-19,21-25H,9-14H2,1-8H3/t18-,19-,20-,21-,22+,23+,24-,25-,26-,27-,28-,29+;19-,20-,21-,22-,23-,24-,25-,26-,27-,28+;17-,18+,19+,21-,22+,23+,24+,25+,26+,27-/m001/s1. The molecule has 14 heteroatoms.